The van der Waals surface area contributed by atoms with E-state index >= 15 is 0 Å². The van der Waals surface area contributed by atoms with Crippen molar-refractivity contribution >= 4 is 15.7 Å². The summed E-state index contributed by atoms with van der Waals surface area (Å²) in [4.78, 5) is 10.3. The van der Waals surface area contributed by atoms with Crippen LogP contribution in [-0.2, 0) is 29.0 Å². The molecule has 1 aromatic carbocycles. The maximum atomic E-state index is 13.4. The summed E-state index contributed by atoms with van der Waals surface area (Å²) < 4.78 is 51.6. The minimum absolute atomic E-state index is 0.0366. The van der Waals surface area contributed by atoms with Crippen molar-refractivity contribution < 1.29 is 32.3 Å². The van der Waals surface area contributed by atoms with Crippen LogP contribution >= 0.6 is 0 Å². The first-order valence-electron chi connectivity index (χ1n) is 9.33. The number of hydrogen-bond acceptors (Lipinski definition) is 8. The molecule has 0 aromatic heterocycles. The van der Waals surface area contributed by atoms with Gasteiger partial charge in [0.25, 0.3) is 5.69 Å². The lowest BCUT2D eigenvalue weighted by Crippen LogP contribution is -2.50. The molecule has 3 aliphatic heterocycles. The highest BCUT2D eigenvalue weighted by molar-refractivity contribution is 7.89. The number of rotatable bonds is 4. The van der Waals surface area contributed by atoms with Crippen molar-refractivity contribution in [2.75, 3.05) is 13.2 Å². The molecule has 3 fully saturated rings. The average Bonchev–Trinajstić information content (AvgIpc) is 3.23. The fourth-order valence-electron chi connectivity index (χ4n) is 4.17. The fourth-order valence-corrected chi connectivity index (χ4v) is 5.84. The van der Waals surface area contributed by atoms with E-state index < -0.39 is 50.9 Å². The number of nitrogens with zero attached hydrogens (tertiary/aromatic N) is 2. The average molecular weight is 428 g/mol. The van der Waals surface area contributed by atoms with Crippen LogP contribution in [0.25, 0.3) is 0 Å². The number of hydrogen-bond donors (Lipinski definition) is 0. The highest BCUT2D eigenvalue weighted by Crippen LogP contribution is 2.42. The van der Waals surface area contributed by atoms with E-state index in [0.717, 1.165) is 0 Å². The van der Waals surface area contributed by atoms with Crippen LogP contribution in [0.2, 0.25) is 0 Å². The zero-order valence-electron chi connectivity index (χ0n) is 16.6. The molecule has 4 rings (SSSR count). The lowest BCUT2D eigenvalue weighted by molar-refractivity contribution is -0.384. The molecule has 11 heteroatoms. The van der Waals surface area contributed by atoms with Crippen molar-refractivity contribution in [1.82, 2.24) is 4.31 Å². The van der Waals surface area contributed by atoms with Gasteiger partial charge in [0, 0.05) is 18.7 Å². The Balaban J connectivity index is 1.68. The van der Waals surface area contributed by atoms with Gasteiger partial charge in [-0.1, -0.05) is 0 Å². The molecule has 160 valence electrons. The van der Waals surface area contributed by atoms with E-state index in [1.165, 1.54) is 28.6 Å². The minimum atomic E-state index is -3.97. The third kappa shape index (κ3) is 3.66. The normalized spacial score (nSPS) is 33.7. The summed E-state index contributed by atoms with van der Waals surface area (Å²) in [5.41, 5.74) is -0.179. The summed E-state index contributed by atoms with van der Waals surface area (Å²) in [7, 11) is -3.97. The van der Waals surface area contributed by atoms with Crippen LogP contribution in [-0.4, -0.2) is 66.7 Å². The van der Waals surface area contributed by atoms with Gasteiger partial charge < -0.3 is 18.9 Å². The molecule has 0 unspecified atom stereocenters. The smallest absolute Gasteiger partial charge is 0.269 e. The number of fused-ring (bicyclic) bond motifs is 1. The van der Waals surface area contributed by atoms with Crippen LogP contribution in [0.15, 0.2) is 29.2 Å². The van der Waals surface area contributed by atoms with Gasteiger partial charge in [-0.05, 0) is 39.8 Å². The molecule has 29 heavy (non-hydrogen) atoms. The van der Waals surface area contributed by atoms with Gasteiger partial charge in [0.05, 0.1) is 22.5 Å². The second-order valence-corrected chi connectivity index (χ2v) is 10.2. The topological polar surface area (TPSA) is 117 Å². The van der Waals surface area contributed by atoms with E-state index in [0.29, 0.717) is 0 Å². The molecule has 1 aromatic rings. The van der Waals surface area contributed by atoms with Gasteiger partial charge in [-0.2, -0.15) is 4.31 Å². The highest BCUT2D eigenvalue weighted by Gasteiger charge is 2.60. The summed E-state index contributed by atoms with van der Waals surface area (Å²) in [6.45, 7) is 7.42. The maximum Gasteiger partial charge on any atom is 0.269 e. The molecule has 3 saturated heterocycles. The number of ether oxygens (including phenoxy) is 4. The molecule has 4 atom stereocenters. The molecule has 0 saturated carbocycles. The van der Waals surface area contributed by atoms with Crippen LogP contribution in [0.3, 0.4) is 0 Å². The predicted octanol–water partition coefficient (Wildman–Crippen LogP) is 1.64. The number of benzene rings is 1. The Hall–Kier alpha value is -1.63. The first-order valence-corrected chi connectivity index (χ1v) is 10.8. The van der Waals surface area contributed by atoms with Gasteiger partial charge in [0.2, 0.25) is 10.0 Å². The largest absolute Gasteiger partial charge is 0.348 e. The lowest BCUT2D eigenvalue weighted by atomic mass is 10.1. The van der Waals surface area contributed by atoms with Gasteiger partial charge in [-0.3, -0.25) is 10.1 Å². The number of nitro groups is 1. The Morgan fingerprint density at radius 1 is 1.03 bits per heavy atom. The summed E-state index contributed by atoms with van der Waals surface area (Å²) in [5, 5.41) is 10.9. The third-order valence-electron chi connectivity index (χ3n) is 5.32. The van der Waals surface area contributed by atoms with E-state index in [-0.39, 0.29) is 23.7 Å². The molecule has 10 nitrogen and oxygen atoms in total. The molecule has 0 spiro atoms. The Labute approximate surface area is 168 Å². The van der Waals surface area contributed by atoms with Gasteiger partial charge in [-0.15, -0.1) is 0 Å². The lowest BCUT2D eigenvalue weighted by Gasteiger charge is -2.32. The Bertz CT molecular complexity index is 914. The number of non-ortho nitro benzene ring substituents is 1. The van der Waals surface area contributed by atoms with Crippen molar-refractivity contribution in [1.29, 1.82) is 0 Å². The van der Waals surface area contributed by atoms with Crippen LogP contribution in [0.5, 0.6) is 0 Å². The first-order chi connectivity index (χ1) is 13.4. The summed E-state index contributed by atoms with van der Waals surface area (Å²) in [5.74, 6) is -1.66. The van der Waals surface area contributed by atoms with Gasteiger partial charge in [0.15, 0.2) is 11.6 Å². The van der Waals surface area contributed by atoms with E-state index in [1.54, 1.807) is 27.7 Å². The standard InChI is InChI=1S/C18H24N2O8S/c1-17(2)25-10-14(27-17)15-16-13(26-18(3,4)28-16)9-19(15)29(23,24)12-7-5-11(6-8-12)20(21)22/h5-8,13-16H,9-10H2,1-4H3/t13-,14+,15+,16-/m1/s1. The number of sulfonamides is 1. The zero-order chi connectivity index (χ0) is 21.2. The SMILES string of the molecule is CC1(C)OC[C@@H]([C@H]2[C@@H]3OC(C)(C)O[C@@H]3CN2S(=O)(=O)c2ccc([N+](=O)[O-])cc2)O1. The molecule has 3 aliphatic rings. The molecule has 3 heterocycles. The Morgan fingerprint density at radius 2 is 1.66 bits per heavy atom. The monoisotopic (exact) mass is 428 g/mol. The third-order valence-corrected chi connectivity index (χ3v) is 7.19. The van der Waals surface area contributed by atoms with Crippen LogP contribution in [0.1, 0.15) is 27.7 Å². The molecule has 0 amide bonds. The van der Waals surface area contributed by atoms with Crippen molar-refractivity contribution in [2.45, 2.75) is 68.5 Å². The summed E-state index contributed by atoms with van der Waals surface area (Å²) in [6, 6.07) is 4.17. The highest BCUT2D eigenvalue weighted by atomic mass is 32.2. The number of nitro benzene ring substituents is 1. The van der Waals surface area contributed by atoms with Crippen LogP contribution in [0.4, 0.5) is 5.69 Å². The van der Waals surface area contributed by atoms with E-state index in [9.17, 15) is 18.5 Å². The van der Waals surface area contributed by atoms with Crippen molar-refractivity contribution in [3.8, 4) is 0 Å². The van der Waals surface area contributed by atoms with E-state index in [4.69, 9.17) is 18.9 Å². The molecular formula is C18H24N2O8S. The zero-order valence-corrected chi connectivity index (χ0v) is 17.4. The van der Waals surface area contributed by atoms with Gasteiger partial charge in [0.1, 0.15) is 18.3 Å². The maximum absolute atomic E-state index is 13.4. The molecule has 0 bridgehead atoms. The van der Waals surface area contributed by atoms with E-state index in [2.05, 4.69) is 0 Å². The molecule has 0 N–H and O–H groups in total. The van der Waals surface area contributed by atoms with Crippen LogP contribution in [0, 0.1) is 10.1 Å². The minimum Gasteiger partial charge on any atom is -0.348 e. The second-order valence-electron chi connectivity index (χ2n) is 8.32. The molecular weight excluding hydrogens is 404 g/mol. The Kier molecular flexibility index (Phi) is 4.76. The quantitative estimate of drug-likeness (QED) is 0.525. The Morgan fingerprint density at radius 3 is 2.21 bits per heavy atom. The van der Waals surface area contributed by atoms with Crippen LogP contribution < -0.4 is 0 Å². The molecule has 0 aliphatic carbocycles. The van der Waals surface area contributed by atoms with Gasteiger partial charge >= 0.3 is 0 Å². The summed E-state index contributed by atoms with van der Waals surface area (Å²) in [6.07, 6.45) is -1.50. The first kappa shape index (κ1) is 20.6. The molecule has 0 radical (unpaired) electrons. The van der Waals surface area contributed by atoms with Crippen molar-refractivity contribution in [3.63, 3.8) is 0 Å². The fraction of sp³-hybridized carbons (Fsp3) is 0.667. The second kappa shape index (κ2) is 6.69. The van der Waals surface area contributed by atoms with Crippen molar-refractivity contribution in [3.05, 3.63) is 34.4 Å². The summed E-state index contributed by atoms with van der Waals surface area (Å²) >= 11 is 0. The van der Waals surface area contributed by atoms with E-state index in [1.807, 2.05) is 0 Å². The van der Waals surface area contributed by atoms with Gasteiger partial charge in [-0.25, -0.2) is 8.42 Å². The van der Waals surface area contributed by atoms with Crippen molar-refractivity contribution in [2.24, 2.45) is 0 Å². The predicted molar refractivity (Wildman–Crippen MR) is 99.5 cm³/mol.